The number of carboxylic acid groups (broad SMARTS) is 1. The van der Waals surface area contributed by atoms with Gasteiger partial charge in [-0.05, 0) is 41.5 Å². The Labute approximate surface area is 200 Å². The largest absolute Gasteiger partial charge is 0.480 e. The average molecular weight is 483 g/mol. The molecular weight excluding hydrogens is 459 g/mol. The van der Waals surface area contributed by atoms with Gasteiger partial charge in [0.1, 0.15) is 0 Å². The number of aliphatic carboxylic acids is 1. The van der Waals surface area contributed by atoms with Crippen molar-refractivity contribution in [3.05, 3.63) is 83.9 Å². The Morgan fingerprint density at radius 2 is 1.51 bits per heavy atom. The summed E-state index contributed by atoms with van der Waals surface area (Å²) < 4.78 is 41.3. The summed E-state index contributed by atoms with van der Waals surface area (Å²) in [6, 6.07) is 19.1. The number of alkyl halides is 3. The van der Waals surface area contributed by atoms with Crippen molar-refractivity contribution >= 4 is 23.3 Å². The van der Waals surface area contributed by atoms with Crippen molar-refractivity contribution in [1.82, 2.24) is 4.90 Å². The quantitative estimate of drug-likeness (QED) is 0.526. The molecule has 0 radical (unpaired) electrons. The third-order valence-corrected chi connectivity index (χ3v) is 5.90. The zero-order valence-corrected chi connectivity index (χ0v) is 18.8. The van der Waals surface area contributed by atoms with Crippen LogP contribution in [-0.4, -0.2) is 54.6 Å². The number of carbonyl (C=O) groups excluding carboxylic acids is 1. The lowest BCUT2D eigenvalue weighted by atomic mass is 9.94. The smallest absolute Gasteiger partial charge is 0.417 e. The van der Waals surface area contributed by atoms with E-state index in [1.807, 2.05) is 4.90 Å². The molecule has 0 unspecified atom stereocenters. The Morgan fingerprint density at radius 3 is 2.11 bits per heavy atom. The summed E-state index contributed by atoms with van der Waals surface area (Å²) in [5.41, 5.74) is 0.560. The standard InChI is InChI=1S/C26H24F3N3O3/c27-26(28,29)22-8-4-7-21(18-5-2-1-3-6-18)24(22)25(35)30-19-9-11-20(12-10-19)32-15-13-31(14-16-32)17-23(33)34/h1-12H,13-17H2,(H,30,35)(H,33,34). The van der Waals surface area contributed by atoms with Gasteiger partial charge < -0.3 is 15.3 Å². The van der Waals surface area contributed by atoms with Gasteiger partial charge in [0, 0.05) is 37.6 Å². The number of piperazine rings is 1. The number of amides is 1. The fourth-order valence-electron chi connectivity index (χ4n) is 4.20. The summed E-state index contributed by atoms with van der Waals surface area (Å²) in [4.78, 5) is 27.9. The van der Waals surface area contributed by atoms with Crippen LogP contribution >= 0.6 is 0 Å². The number of carboxylic acids is 1. The van der Waals surface area contributed by atoms with Crippen LogP contribution in [0.5, 0.6) is 0 Å². The number of halogens is 3. The highest BCUT2D eigenvalue weighted by molar-refractivity contribution is 6.10. The Kier molecular flexibility index (Phi) is 7.07. The number of benzene rings is 3. The van der Waals surface area contributed by atoms with E-state index in [2.05, 4.69) is 10.2 Å². The molecule has 1 saturated heterocycles. The number of rotatable bonds is 6. The second-order valence-electron chi connectivity index (χ2n) is 8.25. The Balaban J connectivity index is 1.53. The lowest BCUT2D eigenvalue weighted by molar-refractivity contribution is -0.139. The number of nitrogens with zero attached hydrogens (tertiary/aromatic N) is 2. The van der Waals surface area contributed by atoms with Gasteiger partial charge in [0.05, 0.1) is 17.7 Å². The summed E-state index contributed by atoms with van der Waals surface area (Å²) in [5, 5.41) is 11.5. The first-order valence-electron chi connectivity index (χ1n) is 11.1. The van der Waals surface area contributed by atoms with Crippen molar-refractivity contribution < 1.29 is 27.9 Å². The molecule has 0 aromatic heterocycles. The van der Waals surface area contributed by atoms with Crippen LogP contribution in [0.15, 0.2) is 72.8 Å². The molecule has 6 nitrogen and oxygen atoms in total. The van der Waals surface area contributed by atoms with Crippen LogP contribution in [0.25, 0.3) is 11.1 Å². The predicted molar refractivity (Wildman–Crippen MR) is 128 cm³/mol. The molecule has 1 heterocycles. The van der Waals surface area contributed by atoms with Gasteiger partial charge >= 0.3 is 12.1 Å². The summed E-state index contributed by atoms with van der Waals surface area (Å²) in [5.74, 6) is -1.70. The molecule has 0 atom stereocenters. The van der Waals surface area contributed by atoms with Crippen LogP contribution in [0.4, 0.5) is 24.5 Å². The van der Waals surface area contributed by atoms with Crippen molar-refractivity contribution in [2.24, 2.45) is 0 Å². The lowest BCUT2D eigenvalue weighted by Crippen LogP contribution is -2.47. The van der Waals surface area contributed by atoms with Crippen LogP contribution in [0.2, 0.25) is 0 Å². The highest BCUT2D eigenvalue weighted by Gasteiger charge is 2.36. The maximum Gasteiger partial charge on any atom is 0.417 e. The van der Waals surface area contributed by atoms with Gasteiger partial charge in [0.2, 0.25) is 0 Å². The molecule has 3 aromatic rings. The van der Waals surface area contributed by atoms with E-state index in [1.54, 1.807) is 54.6 Å². The fourth-order valence-corrected chi connectivity index (χ4v) is 4.20. The van der Waals surface area contributed by atoms with Crippen LogP contribution in [0.3, 0.4) is 0 Å². The van der Waals surface area contributed by atoms with E-state index < -0.39 is 29.2 Å². The molecule has 0 spiro atoms. The highest BCUT2D eigenvalue weighted by atomic mass is 19.4. The minimum Gasteiger partial charge on any atom is -0.480 e. The van der Waals surface area contributed by atoms with Crippen molar-refractivity contribution in [2.75, 3.05) is 42.9 Å². The third-order valence-electron chi connectivity index (χ3n) is 5.90. The maximum atomic E-state index is 13.8. The summed E-state index contributed by atoms with van der Waals surface area (Å²) in [6.45, 7) is 2.53. The number of hydrogen-bond acceptors (Lipinski definition) is 4. The second-order valence-corrected chi connectivity index (χ2v) is 8.25. The van der Waals surface area contributed by atoms with E-state index in [0.29, 0.717) is 37.4 Å². The highest BCUT2D eigenvalue weighted by Crippen LogP contribution is 2.37. The van der Waals surface area contributed by atoms with Crippen molar-refractivity contribution in [3.8, 4) is 11.1 Å². The van der Waals surface area contributed by atoms with Crippen molar-refractivity contribution in [2.45, 2.75) is 6.18 Å². The van der Waals surface area contributed by atoms with Gasteiger partial charge in [-0.2, -0.15) is 13.2 Å². The zero-order valence-electron chi connectivity index (χ0n) is 18.8. The van der Waals surface area contributed by atoms with E-state index in [1.165, 1.54) is 12.1 Å². The molecule has 182 valence electrons. The SMILES string of the molecule is O=C(O)CN1CCN(c2ccc(NC(=O)c3c(-c4ccccc4)cccc3C(F)(F)F)cc2)CC1. The third kappa shape index (κ3) is 5.81. The molecule has 1 aliphatic heterocycles. The average Bonchev–Trinajstić information content (AvgIpc) is 2.84. The molecule has 4 rings (SSSR count). The normalized spacial score (nSPS) is 14.5. The number of carbonyl (C=O) groups is 2. The molecule has 2 N–H and O–H groups in total. The molecule has 1 fully saturated rings. The first-order chi connectivity index (χ1) is 16.7. The summed E-state index contributed by atoms with van der Waals surface area (Å²) in [7, 11) is 0. The minimum atomic E-state index is -4.69. The number of hydrogen-bond donors (Lipinski definition) is 2. The van der Waals surface area contributed by atoms with Gasteiger partial charge in [-0.3, -0.25) is 14.5 Å². The molecule has 9 heteroatoms. The molecule has 0 saturated carbocycles. The van der Waals surface area contributed by atoms with E-state index in [-0.39, 0.29) is 12.1 Å². The van der Waals surface area contributed by atoms with E-state index in [4.69, 9.17) is 5.11 Å². The van der Waals surface area contributed by atoms with E-state index in [9.17, 15) is 22.8 Å². The summed E-state index contributed by atoms with van der Waals surface area (Å²) >= 11 is 0. The first kappa shape index (κ1) is 24.3. The van der Waals surface area contributed by atoms with Crippen LogP contribution in [0, 0.1) is 0 Å². The zero-order chi connectivity index (χ0) is 25.0. The first-order valence-corrected chi connectivity index (χ1v) is 11.1. The van der Waals surface area contributed by atoms with Crippen LogP contribution in [-0.2, 0) is 11.0 Å². The predicted octanol–water partition coefficient (Wildman–Crippen LogP) is 4.83. The number of nitrogens with one attached hydrogen (secondary N) is 1. The van der Waals surface area contributed by atoms with Gasteiger partial charge in [0.25, 0.3) is 5.91 Å². The monoisotopic (exact) mass is 483 g/mol. The fraction of sp³-hybridized carbons (Fsp3) is 0.231. The van der Waals surface area contributed by atoms with Gasteiger partial charge in [0.15, 0.2) is 0 Å². The Hall–Kier alpha value is -3.85. The molecular formula is C26H24F3N3O3. The summed E-state index contributed by atoms with van der Waals surface area (Å²) in [6.07, 6.45) is -4.69. The van der Waals surface area contributed by atoms with Gasteiger partial charge in [-0.1, -0.05) is 42.5 Å². The van der Waals surface area contributed by atoms with E-state index >= 15 is 0 Å². The van der Waals surface area contributed by atoms with E-state index in [0.717, 1.165) is 11.8 Å². The van der Waals surface area contributed by atoms with Crippen LogP contribution in [0.1, 0.15) is 15.9 Å². The maximum absolute atomic E-state index is 13.8. The van der Waals surface area contributed by atoms with Crippen LogP contribution < -0.4 is 10.2 Å². The van der Waals surface area contributed by atoms with Gasteiger partial charge in [-0.25, -0.2) is 0 Å². The minimum absolute atomic E-state index is 0.00315. The molecule has 1 aliphatic rings. The van der Waals surface area contributed by atoms with Crippen molar-refractivity contribution in [1.29, 1.82) is 0 Å². The van der Waals surface area contributed by atoms with Crippen molar-refractivity contribution in [3.63, 3.8) is 0 Å². The number of anilines is 2. The molecule has 35 heavy (non-hydrogen) atoms. The Bertz CT molecular complexity index is 1190. The van der Waals surface area contributed by atoms with Gasteiger partial charge in [-0.15, -0.1) is 0 Å². The molecule has 0 bridgehead atoms. The lowest BCUT2D eigenvalue weighted by Gasteiger charge is -2.35. The topological polar surface area (TPSA) is 72.9 Å². The molecule has 0 aliphatic carbocycles. The molecule has 1 amide bonds. The molecule has 3 aromatic carbocycles. The second kappa shape index (κ2) is 10.2. The Morgan fingerprint density at radius 1 is 0.857 bits per heavy atom.